The zero-order valence-electron chi connectivity index (χ0n) is 12.1. The summed E-state index contributed by atoms with van der Waals surface area (Å²) in [6.07, 6.45) is 2.62. The van der Waals surface area contributed by atoms with Gasteiger partial charge in [-0.05, 0) is 44.4 Å². The van der Waals surface area contributed by atoms with Gasteiger partial charge in [0.25, 0.3) is 0 Å². The molecule has 0 aliphatic carbocycles. The van der Waals surface area contributed by atoms with Gasteiger partial charge in [0.1, 0.15) is 5.82 Å². The summed E-state index contributed by atoms with van der Waals surface area (Å²) in [5.41, 5.74) is 11.7. The molecule has 2 N–H and O–H groups in total. The van der Waals surface area contributed by atoms with Crippen molar-refractivity contribution in [3.05, 3.63) is 58.2 Å². The zero-order chi connectivity index (χ0) is 14.0. The van der Waals surface area contributed by atoms with E-state index in [-0.39, 0.29) is 6.04 Å². The van der Waals surface area contributed by atoms with Gasteiger partial charge in [-0.3, -0.25) is 0 Å². The number of hydrogen-bond donors (Lipinski definition) is 1. The third-order valence-electron chi connectivity index (χ3n) is 3.49. The lowest BCUT2D eigenvalue weighted by Crippen LogP contribution is -2.10. The van der Waals surface area contributed by atoms with Gasteiger partial charge >= 0.3 is 0 Å². The van der Waals surface area contributed by atoms with Crippen molar-refractivity contribution in [1.29, 1.82) is 0 Å². The predicted molar refractivity (Wildman–Crippen MR) is 78.1 cm³/mol. The second-order valence-electron chi connectivity index (χ2n) is 5.21. The molecule has 2 rings (SSSR count). The Morgan fingerprint density at radius 1 is 1.16 bits per heavy atom. The molecule has 100 valence electrons. The lowest BCUT2D eigenvalue weighted by atomic mass is 10.0. The van der Waals surface area contributed by atoms with E-state index >= 15 is 0 Å². The van der Waals surface area contributed by atoms with Gasteiger partial charge in [0.05, 0.1) is 0 Å². The summed E-state index contributed by atoms with van der Waals surface area (Å²) in [5, 5.41) is 0. The molecule has 0 radical (unpaired) electrons. The maximum atomic E-state index is 5.87. The first-order valence-electron chi connectivity index (χ1n) is 6.61. The molecule has 1 atom stereocenters. The summed E-state index contributed by atoms with van der Waals surface area (Å²) >= 11 is 0. The number of rotatable bonds is 3. The highest BCUT2D eigenvalue weighted by molar-refractivity contribution is 5.31. The Labute approximate surface area is 114 Å². The van der Waals surface area contributed by atoms with E-state index in [4.69, 9.17) is 5.73 Å². The van der Waals surface area contributed by atoms with Crippen molar-refractivity contribution in [2.45, 2.75) is 40.2 Å². The smallest absolute Gasteiger partial charge is 0.132 e. The summed E-state index contributed by atoms with van der Waals surface area (Å²) in [6, 6.07) is 6.47. The van der Waals surface area contributed by atoms with Crippen molar-refractivity contribution in [3.8, 4) is 0 Å². The van der Waals surface area contributed by atoms with Crippen molar-refractivity contribution in [1.82, 2.24) is 9.97 Å². The number of aromatic nitrogens is 2. The van der Waals surface area contributed by atoms with Crippen LogP contribution in [0, 0.1) is 20.8 Å². The minimum atomic E-state index is -0.0179. The average molecular weight is 255 g/mol. The Morgan fingerprint density at radius 2 is 1.89 bits per heavy atom. The Balaban J connectivity index is 2.24. The first kappa shape index (κ1) is 13.7. The quantitative estimate of drug-likeness (QED) is 0.917. The highest BCUT2D eigenvalue weighted by Crippen LogP contribution is 2.15. The van der Waals surface area contributed by atoms with Crippen LogP contribution in [-0.2, 0) is 6.42 Å². The summed E-state index contributed by atoms with van der Waals surface area (Å²) < 4.78 is 0. The normalized spacial score (nSPS) is 12.5. The fourth-order valence-corrected chi connectivity index (χ4v) is 2.15. The van der Waals surface area contributed by atoms with Crippen LogP contribution in [0.1, 0.15) is 46.7 Å². The van der Waals surface area contributed by atoms with Crippen molar-refractivity contribution < 1.29 is 0 Å². The largest absolute Gasteiger partial charge is 0.324 e. The van der Waals surface area contributed by atoms with Crippen LogP contribution in [0.2, 0.25) is 0 Å². The van der Waals surface area contributed by atoms with E-state index in [1.807, 2.05) is 20.0 Å². The van der Waals surface area contributed by atoms with Gasteiger partial charge in [0.15, 0.2) is 0 Å². The molecule has 0 unspecified atom stereocenters. The van der Waals surface area contributed by atoms with Crippen LogP contribution >= 0.6 is 0 Å². The Hall–Kier alpha value is -1.74. The van der Waals surface area contributed by atoms with E-state index in [1.165, 1.54) is 16.7 Å². The minimum absolute atomic E-state index is 0.0179. The lowest BCUT2D eigenvalue weighted by molar-refractivity contribution is 0.776. The molecule has 3 nitrogen and oxygen atoms in total. The van der Waals surface area contributed by atoms with E-state index in [2.05, 4.69) is 42.0 Å². The fourth-order valence-electron chi connectivity index (χ4n) is 2.15. The number of benzene rings is 1. The number of nitrogens with zero attached hydrogens (tertiary/aromatic N) is 2. The molecule has 0 spiro atoms. The van der Waals surface area contributed by atoms with Gasteiger partial charge in [-0.25, -0.2) is 9.97 Å². The predicted octanol–water partition coefficient (Wildman–Crippen LogP) is 3.01. The van der Waals surface area contributed by atoms with E-state index in [9.17, 15) is 0 Å². The second-order valence-corrected chi connectivity index (χ2v) is 5.21. The standard InChI is InChI=1S/C16H21N3/c1-10-5-6-14(7-11(10)2)8-16-18-9-15(12(3)17)13(4)19-16/h5-7,9,12H,8,17H2,1-4H3/t12-/m1/s1. The van der Waals surface area contributed by atoms with Gasteiger partial charge in [-0.2, -0.15) is 0 Å². The van der Waals surface area contributed by atoms with Crippen molar-refractivity contribution in [3.63, 3.8) is 0 Å². The summed E-state index contributed by atoms with van der Waals surface area (Å²) in [4.78, 5) is 8.97. The molecule has 2 aromatic rings. The van der Waals surface area contributed by atoms with Crippen LogP contribution in [-0.4, -0.2) is 9.97 Å². The molecule has 19 heavy (non-hydrogen) atoms. The van der Waals surface area contributed by atoms with Gasteiger partial charge in [-0.15, -0.1) is 0 Å². The molecule has 0 amide bonds. The van der Waals surface area contributed by atoms with E-state index in [0.717, 1.165) is 23.5 Å². The van der Waals surface area contributed by atoms with Crippen LogP contribution in [0.25, 0.3) is 0 Å². The molecule has 3 heteroatoms. The zero-order valence-corrected chi connectivity index (χ0v) is 12.1. The van der Waals surface area contributed by atoms with E-state index in [1.54, 1.807) is 0 Å². The first-order chi connectivity index (χ1) is 8.97. The van der Waals surface area contributed by atoms with Crippen LogP contribution in [0.15, 0.2) is 24.4 Å². The minimum Gasteiger partial charge on any atom is -0.324 e. The van der Waals surface area contributed by atoms with Gasteiger partial charge in [0, 0.05) is 29.9 Å². The molecule has 1 aromatic carbocycles. The molecular weight excluding hydrogens is 234 g/mol. The maximum Gasteiger partial charge on any atom is 0.132 e. The second kappa shape index (κ2) is 5.49. The van der Waals surface area contributed by atoms with E-state index in [0.29, 0.717) is 0 Å². The van der Waals surface area contributed by atoms with Crippen LogP contribution in [0.3, 0.4) is 0 Å². The van der Waals surface area contributed by atoms with Crippen LogP contribution < -0.4 is 5.73 Å². The fraction of sp³-hybridized carbons (Fsp3) is 0.375. The van der Waals surface area contributed by atoms with Crippen molar-refractivity contribution in [2.75, 3.05) is 0 Å². The number of aryl methyl sites for hydroxylation is 3. The molecule has 0 fully saturated rings. The Morgan fingerprint density at radius 3 is 2.47 bits per heavy atom. The number of hydrogen-bond acceptors (Lipinski definition) is 3. The summed E-state index contributed by atoms with van der Waals surface area (Å²) in [5.74, 6) is 0.852. The van der Waals surface area contributed by atoms with Crippen LogP contribution in [0.5, 0.6) is 0 Å². The van der Waals surface area contributed by atoms with Crippen LogP contribution in [0.4, 0.5) is 0 Å². The van der Waals surface area contributed by atoms with E-state index < -0.39 is 0 Å². The molecule has 0 aliphatic rings. The molecule has 0 saturated heterocycles. The average Bonchev–Trinajstić information content (AvgIpc) is 2.33. The summed E-state index contributed by atoms with van der Waals surface area (Å²) in [7, 11) is 0. The molecule has 1 heterocycles. The monoisotopic (exact) mass is 255 g/mol. The Kier molecular flexibility index (Phi) is 3.96. The SMILES string of the molecule is Cc1ccc(Cc2ncc([C@@H](C)N)c(C)n2)cc1C. The maximum absolute atomic E-state index is 5.87. The third kappa shape index (κ3) is 3.18. The lowest BCUT2D eigenvalue weighted by Gasteiger charge is -2.10. The third-order valence-corrected chi connectivity index (χ3v) is 3.49. The van der Waals surface area contributed by atoms with Gasteiger partial charge in [0.2, 0.25) is 0 Å². The Bertz CT molecular complexity index is 589. The van der Waals surface area contributed by atoms with Gasteiger partial charge in [-0.1, -0.05) is 18.2 Å². The molecular formula is C16H21N3. The van der Waals surface area contributed by atoms with Crippen molar-refractivity contribution in [2.24, 2.45) is 5.73 Å². The first-order valence-corrected chi connectivity index (χ1v) is 6.61. The molecule has 0 aliphatic heterocycles. The highest BCUT2D eigenvalue weighted by Gasteiger charge is 2.08. The van der Waals surface area contributed by atoms with Gasteiger partial charge < -0.3 is 5.73 Å². The topological polar surface area (TPSA) is 51.8 Å². The highest BCUT2D eigenvalue weighted by atomic mass is 14.9. The number of nitrogens with two attached hydrogens (primary N) is 1. The molecule has 0 saturated carbocycles. The summed E-state index contributed by atoms with van der Waals surface area (Å²) in [6.45, 7) is 8.19. The molecule has 0 bridgehead atoms. The van der Waals surface area contributed by atoms with Crippen molar-refractivity contribution >= 4 is 0 Å². The molecule has 1 aromatic heterocycles.